The number of hydrogen-bond donors (Lipinski definition) is 1. The first-order valence-corrected chi connectivity index (χ1v) is 7.19. The zero-order chi connectivity index (χ0) is 13.4. The monoisotopic (exact) mass is 278 g/mol. The van der Waals surface area contributed by atoms with Gasteiger partial charge in [0.05, 0.1) is 4.88 Å². The largest absolute Gasteiger partial charge is 0.336 e. The summed E-state index contributed by atoms with van der Waals surface area (Å²) in [5.41, 5.74) is 5.90. The van der Waals surface area contributed by atoms with Gasteiger partial charge in [0.25, 0.3) is 5.91 Å². The van der Waals surface area contributed by atoms with Gasteiger partial charge in [-0.2, -0.15) is 0 Å². The number of nitrogens with two attached hydrogens (primary N) is 1. The Morgan fingerprint density at radius 1 is 1.42 bits per heavy atom. The third-order valence-corrected chi connectivity index (χ3v) is 4.52. The molecule has 0 spiro atoms. The molecule has 1 aliphatic heterocycles. The van der Waals surface area contributed by atoms with Gasteiger partial charge in [-0.15, -0.1) is 11.3 Å². The second-order valence-corrected chi connectivity index (χ2v) is 6.03. The third kappa shape index (κ3) is 2.48. The van der Waals surface area contributed by atoms with Crippen LogP contribution in [0.4, 0.5) is 4.39 Å². The number of carbonyl (C=O) groups excluding carboxylic acids is 1. The molecule has 3 nitrogen and oxygen atoms in total. The highest BCUT2D eigenvalue weighted by molar-refractivity contribution is 7.20. The molecule has 5 heteroatoms. The zero-order valence-electron chi connectivity index (χ0n) is 10.4. The van der Waals surface area contributed by atoms with Gasteiger partial charge >= 0.3 is 0 Å². The van der Waals surface area contributed by atoms with E-state index in [4.69, 9.17) is 5.73 Å². The summed E-state index contributed by atoms with van der Waals surface area (Å²) in [6, 6.07) is 6.50. The van der Waals surface area contributed by atoms with Crippen molar-refractivity contribution in [3.63, 3.8) is 0 Å². The van der Waals surface area contributed by atoms with Gasteiger partial charge in [0.15, 0.2) is 0 Å². The van der Waals surface area contributed by atoms with E-state index >= 15 is 0 Å². The van der Waals surface area contributed by atoms with Crippen molar-refractivity contribution in [1.29, 1.82) is 0 Å². The second kappa shape index (κ2) is 4.90. The molecule has 3 rings (SSSR count). The number of likely N-dealkylation sites (tertiary alicyclic amines) is 1. The van der Waals surface area contributed by atoms with Crippen molar-refractivity contribution in [3.05, 3.63) is 35.0 Å². The minimum atomic E-state index is -0.270. The van der Waals surface area contributed by atoms with E-state index in [1.54, 1.807) is 11.0 Å². The number of piperidine rings is 1. The number of halogens is 1. The molecule has 0 unspecified atom stereocenters. The fourth-order valence-electron chi connectivity index (χ4n) is 2.46. The first kappa shape index (κ1) is 12.6. The van der Waals surface area contributed by atoms with Gasteiger partial charge in [0.1, 0.15) is 5.82 Å². The van der Waals surface area contributed by atoms with Crippen LogP contribution < -0.4 is 5.73 Å². The third-order valence-electron chi connectivity index (χ3n) is 3.44. The summed E-state index contributed by atoms with van der Waals surface area (Å²) in [6.45, 7) is 1.37. The maximum Gasteiger partial charge on any atom is 0.264 e. The van der Waals surface area contributed by atoms with Gasteiger partial charge in [0.2, 0.25) is 0 Å². The molecular formula is C14H15FN2OS. The van der Waals surface area contributed by atoms with Crippen molar-refractivity contribution >= 4 is 27.3 Å². The molecule has 19 heavy (non-hydrogen) atoms. The number of hydrogen-bond acceptors (Lipinski definition) is 3. The van der Waals surface area contributed by atoms with Crippen molar-refractivity contribution in [3.8, 4) is 0 Å². The molecule has 1 amide bonds. The van der Waals surface area contributed by atoms with Crippen LogP contribution in [-0.2, 0) is 0 Å². The summed E-state index contributed by atoms with van der Waals surface area (Å²) in [5.74, 6) is -0.259. The van der Waals surface area contributed by atoms with Gasteiger partial charge in [0, 0.05) is 23.8 Å². The van der Waals surface area contributed by atoms with E-state index in [2.05, 4.69) is 0 Å². The molecular weight excluding hydrogens is 263 g/mol. The van der Waals surface area contributed by atoms with E-state index in [1.165, 1.54) is 23.5 Å². The van der Waals surface area contributed by atoms with E-state index < -0.39 is 0 Å². The van der Waals surface area contributed by atoms with Crippen LogP contribution in [0.15, 0.2) is 24.3 Å². The predicted molar refractivity (Wildman–Crippen MR) is 74.9 cm³/mol. The lowest BCUT2D eigenvalue weighted by molar-refractivity contribution is 0.0714. The van der Waals surface area contributed by atoms with Crippen LogP contribution in [-0.4, -0.2) is 29.9 Å². The summed E-state index contributed by atoms with van der Waals surface area (Å²) in [4.78, 5) is 14.8. The van der Waals surface area contributed by atoms with Crippen LogP contribution in [0.2, 0.25) is 0 Å². The Morgan fingerprint density at radius 3 is 3.05 bits per heavy atom. The summed E-state index contributed by atoms with van der Waals surface area (Å²) in [6.07, 6.45) is 1.92. The Morgan fingerprint density at radius 2 is 2.26 bits per heavy atom. The smallest absolute Gasteiger partial charge is 0.264 e. The number of carbonyl (C=O) groups is 1. The summed E-state index contributed by atoms with van der Waals surface area (Å²) in [7, 11) is 0. The number of thiophene rings is 1. The Kier molecular flexibility index (Phi) is 3.24. The Hall–Kier alpha value is -1.46. The normalized spacial score (nSPS) is 19.9. The van der Waals surface area contributed by atoms with Crippen LogP contribution in [0.1, 0.15) is 22.5 Å². The lowest BCUT2D eigenvalue weighted by Crippen LogP contribution is -2.45. The van der Waals surface area contributed by atoms with Crippen LogP contribution >= 0.6 is 11.3 Å². The predicted octanol–water partition coefficient (Wildman–Crippen LogP) is 2.60. The molecule has 0 aliphatic carbocycles. The van der Waals surface area contributed by atoms with E-state index in [0.717, 1.165) is 29.5 Å². The van der Waals surface area contributed by atoms with Crippen molar-refractivity contribution < 1.29 is 9.18 Å². The Balaban J connectivity index is 1.88. The second-order valence-electron chi connectivity index (χ2n) is 4.95. The Labute approximate surface area is 114 Å². The minimum absolute atomic E-state index is 0.0109. The van der Waals surface area contributed by atoms with Crippen molar-refractivity contribution in [2.75, 3.05) is 13.1 Å². The number of benzene rings is 1. The maximum absolute atomic E-state index is 13.1. The minimum Gasteiger partial charge on any atom is -0.336 e. The van der Waals surface area contributed by atoms with E-state index in [-0.39, 0.29) is 17.8 Å². The van der Waals surface area contributed by atoms with Crippen LogP contribution in [0.5, 0.6) is 0 Å². The van der Waals surface area contributed by atoms with Gasteiger partial charge in [-0.05, 0) is 36.4 Å². The first-order chi connectivity index (χ1) is 9.13. The van der Waals surface area contributed by atoms with Gasteiger partial charge in [-0.3, -0.25) is 4.79 Å². The van der Waals surface area contributed by atoms with Gasteiger partial charge in [-0.25, -0.2) is 4.39 Å². The molecule has 1 aliphatic rings. The van der Waals surface area contributed by atoms with E-state index in [0.29, 0.717) is 11.4 Å². The van der Waals surface area contributed by atoms with E-state index in [9.17, 15) is 9.18 Å². The average Bonchev–Trinajstić information content (AvgIpc) is 2.80. The molecule has 0 bridgehead atoms. The summed E-state index contributed by atoms with van der Waals surface area (Å²) in [5, 5.41) is 0.913. The lowest BCUT2D eigenvalue weighted by Gasteiger charge is -2.30. The highest BCUT2D eigenvalue weighted by Gasteiger charge is 2.23. The maximum atomic E-state index is 13.1. The SMILES string of the molecule is N[C@@H]1CCCN(C(=O)c2cc3ccc(F)cc3s2)C1. The molecule has 2 heterocycles. The standard InChI is InChI=1S/C14H15FN2OS/c15-10-4-3-9-6-13(19-12(9)7-10)14(18)17-5-1-2-11(16)8-17/h3-4,6-7,11H,1-2,5,8,16H2/t11-/m1/s1. The van der Waals surface area contributed by atoms with Crippen LogP contribution in [0, 0.1) is 5.82 Å². The quantitative estimate of drug-likeness (QED) is 0.871. The fraction of sp³-hybridized carbons (Fsp3) is 0.357. The number of fused-ring (bicyclic) bond motifs is 1. The van der Waals surface area contributed by atoms with Crippen molar-refractivity contribution in [2.45, 2.75) is 18.9 Å². The molecule has 1 saturated heterocycles. The molecule has 2 N–H and O–H groups in total. The zero-order valence-corrected chi connectivity index (χ0v) is 11.3. The highest BCUT2D eigenvalue weighted by Crippen LogP contribution is 2.28. The van der Waals surface area contributed by atoms with Gasteiger partial charge in [-0.1, -0.05) is 6.07 Å². The molecule has 2 aromatic rings. The molecule has 0 saturated carbocycles. The lowest BCUT2D eigenvalue weighted by atomic mass is 10.1. The van der Waals surface area contributed by atoms with Crippen LogP contribution in [0.25, 0.3) is 10.1 Å². The van der Waals surface area contributed by atoms with Crippen LogP contribution in [0.3, 0.4) is 0 Å². The topological polar surface area (TPSA) is 46.3 Å². The van der Waals surface area contributed by atoms with Crippen molar-refractivity contribution in [1.82, 2.24) is 4.90 Å². The first-order valence-electron chi connectivity index (χ1n) is 6.37. The van der Waals surface area contributed by atoms with E-state index in [1.807, 2.05) is 6.07 Å². The summed E-state index contributed by atoms with van der Waals surface area (Å²) >= 11 is 1.34. The number of nitrogens with zero attached hydrogens (tertiary/aromatic N) is 1. The molecule has 1 aromatic carbocycles. The molecule has 1 fully saturated rings. The number of amides is 1. The molecule has 100 valence electrons. The highest BCUT2D eigenvalue weighted by atomic mass is 32.1. The fourth-order valence-corrected chi connectivity index (χ4v) is 3.52. The van der Waals surface area contributed by atoms with Crippen molar-refractivity contribution in [2.24, 2.45) is 5.73 Å². The average molecular weight is 278 g/mol. The molecule has 1 atom stereocenters. The number of rotatable bonds is 1. The molecule has 0 radical (unpaired) electrons. The Bertz CT molecular complexity index is 625. The van der Waals surface area contributed by atoms with Gasteiger partial charge < -0.3 is 10.6 Å². The summed E-state index contributed by atoms with van der Waals surface area (Å²) < 4.78 is 14.0. The molecule has 1 aromatic heterocycles.